The van der Waals surface area contributed by atoms with E-state index in [1.165, 1.54) is 17.5 Å². The van der Waals surface area contributed by atoms with Crippen LogP contribution in [0.15, 0.2) is 24.3 Å². The molecule has 3 atom stereocenters. The monoisotopic (exact) mass is 160 g/mol. The first-order valence-electron chi connectivity index (χ1n) is 4.60. The minimum Gasteiger partial charge on any atom is -0.364 e. The number of fused-ring (bicyclic) bond motifs is 3. The number of hydrogen-bond donors (Lipinski definition) is 0. The third kappa shape index (κ3) is 0.774. The van der Waals surface area contributed by atoms with Crippen LogP contribution in [-0.4, -0.2) is 6.10 Å². The number of ether oxygens (including phenoxy) is 1. The first-order valence-corrected chi connectivity index (χ1v) is 4.60. The summed E-state index contributed by atoms with van der Waals surface area (Å²) in [6, 6.07) is 8.67. The fourth-order valence-electron chi connectivity index (χ4n) is 2.29. The van der Waals surface area contributed by atoms with E-state index in [1.807, 2.05) is 0 Å². The lowest BCUT2D eigenvalue weighted by molar-refractivity contribution is 0.367. The Balaban J connectivity index is 2.15. The van der Waals surface area contributed by atoms with Crippen LogP contribution < -0.4 is 0 Å². The molecule has 1 aromatic rings. The Morgan fingerprint density at radius 3 is 2.83 bits per heavy atom. The molecular formula is C11H12O. The van der Waals surface area contributed by atoms with E-state index in [9.17, 15) is 0 Å². The summed E-state index contributed by atoms with van der Waals surface area (Å²) in [7, 11) is 0. The van der Waals surface area contributed by atoms with E-state index in [2.05, 4.69) is 31.2 Å². The van der Waals surface area contributed by atoms with Crippen LogP contribution in [0.4, 0.5) is 0 Å². The maximum atomic E-state index is 5.57. The lowest BCUT2D eigenvalue weighted by atomic mass is 9.84. The fourth-order valence-corrected chi connectivity index (χ4v) is 2.29. The molecule has 0 unspecified atom stereocenters. The fraction of sp³-hybridized carbons (Fsp3) is 0.455. The number of epoxide rings is 1. The number of benzene rings is 1. The van der Waals surface area contributed by atoms with Gasteiger partial charge in [-0.1, -0.05) is 31.2 Å². The van der Waals surface area contributed by atoms with E-state index < -0.39 is 0 Å². The summed E-state index contributed by atoms with van der Waals surface area (Å²) in [5.74, 6) is 0.685. The lowest BCUT2D eigenvalue weighted by Gasteiger charge is -2.18. The lowest BCUT2D eigenvalue weighted by Crippen LogP contribution is -2.08. The zero-order valence-electron chi connectivity index (χ0n) is 7.16. The summed E-state index contributed by atoms with van der Waals surface area (Å²) in [5.41, 5.74) is 2.93. The van der Waals surface area contributed by atoms with Crippen molar-refractivity contribution >= 4 is 0 Å². The van der Waals surface area contributed by atoms with Crippen molar-refractivity contribution in [1.82, 2.24) is 0 Å². The van der Waals surface area contributed by atoms with Gasteiger partial charge in [-0.05, 0) is 23.5 Å². The van der Waals surface area contributed by atoms with Crippen LogP contribution in [0, 0.1) is 0 Å². The topological polar surface area (TPSA) is 12.5 Å². The molecule has 12 heavy (non-hydrogen) atoms. The third-order valence-electron chi connectivity index (χ3n) is 3.00. The van der Waals surface area contributed by atoms with E-state index >= 15 is 0 Å². The molecule has 1 saturated heterocycles. The van der Waals surface area contributed by atoms with Crippen molar-refractivity contribution in [3.63, 3.8) is 0 Å². The van der Waals surface area contributed by atoms with Gasteiger partial charge >= 0.3 is 0 Å². The Morgan fingerprint density at radius 1 is 1.25 bits per heavy atom. The second kappa shape index (κ2) is 2.11. The summed E-state index contributed by atoms with van der Waals surface area (Å²) < 4.78 is 5.57. The van der Waals surface area contributed by atoms with Crippen LogP contribution in [0.2, 0.25) is 0 Å². The first-order chi connectivity index (χ1) is 5.86. The van der Waals surface area contributed by atoms with Crippen molar-refractivity contribution in [1.29, 1.82) is 0 Å². The molecule has 0 saturated carbocycles. The summed E-state index contributed by atoms with van der Waals surface area (Å²) in [4.78, 5) is 0. The van der Waals surface area contributed by atoms with Gasteiger partial charge in [0.05, 0.1) is 6.10 Å². The van der Waals surface area contributed by atoms with Gasteiger partial charge in [0.25, 0.3) is 0 Å². The number of hydrogen-bond acceptors (Lipinski definition) is 1. The van der Waals surface area contributed by atoms with Gasteiger partial charge in [-0.25, -0.2) is 0 Å². The summed E-state index contributed by atoms with van der Waals surface area (Å²) >= 11 is 0. The van der Waals surface area contributed by atoms with Crippen LogP contribution in [0.5, 0.6) is 0 Å². The van der Waals surface area contributed by atoms with Crippen molar-refractivity contribution in [2.45, 2.75) is 31.5 Å². The number of rotatable bonds is 0. The standard InChI is InChI=1S/C11H12O/c1-7-6-10-11(12-10)9-5-3-2-4-8(7)9/h2-5,7,10-11H,6H2,1H3/t7-,10+,11-/m0/s1. The van der Waals surface area contributed by atoms with E-state index in [-0.39, 0.29) is 0 Å². The maximum absolute atomic E-state index is 5.57. The molecule has 0 amide bonds. The van der Waals surface area contributed by atoms with Gasteiger partial charge in [0.15, 0.2) is 0 Å². The highest BCUT2D eigenvalue weighted by molar-refractivity contribution is 5.37. The highest BCUT2D eigenvalue weighted by Crippen LogP contribution is 2.50. The molecule has 2 aliphatic rings. The van der Waals surface area contributed by atoms with Gasteiger partial charge in [-0.2, -0.15) is 0 Å². The van der Waals surface area contributed by atoms with Crippen molar-refractivity contribution in [3.8, 4) is 0 Å². The molecule has 1 heterocycles. The highest BCUT2D eigenvalue weighted by Gasteiger charge is 2.45. The molecule has 1 nitrogen and oxygen atoms in total. The van der Waals surface area contributed by atoms with Crippen LogP contribution in [-0.2, 0) is 4.74 Å². The second-order valence-corrected chi connectivity index (χ2v) is 3.86. The third-order valence-corrected chi connectivity index (χ3v) is 3.00. The molecule has 0 N–H and O–H groups in total. The molecule has 0 spiro atoms. The minimum atomic E-state index is 0.442. The zero-order chi connectivity index (χ0) is 8.13. The molecule has 1 aliphatic carbocycles. The molecule has 0 bridgehead atoms. The van der Waals surface area contributed by atoms with Gasteiger partial charge in [0.2, 0.25) is 0 Å². The molecule has 0 radical (unpaired) electrons. The maximum Gasteiger partial charge on any atom is 0.109 e. The Hall–Kier alpha value is -0.820. The van der Waals surface area contributed by atoms with Crippen LogP contribution in [0.1, 0.15) is 36.5 Å². The smallest absolute Gasteiger partial charge is 0.109 e. The molecule has 62 valence electrons. The van der Waals surface area contributed by atoms with E-state index in [0.29, 0.717) is 18.1 Å². The van der Waals surface area contributed by atoms with Gasteiger partial charge in [-0.15, -0.1) is 0 Å². The second-order valence-electron chi connectivity index (χ2n) is 3.86. The molecule has 3 rings (SSSR count). The van der Waals surface area contributed by atoms with Gasteiger partial charge in [-0.3, -0.25) is 0 Å². The van der Waals surface area contributed by atoms with Gasteiger partial charge in [0, 0.05) is 0 Å². The Labute approximate surface area is 72.4 Å². The largest absolute Gasteiger partial charge is 0.364 e. The van der Waals surface area contributed by atoms with Gasteiger partial charge < -0.3 is 4.74 Å². The zero-order valence-corrected chi connectivity index (χ0v) is 7.16. The Morgan fingerprint density at radius 2 is 2.00 bits per heavy atom. The summed E-state index contributed by atoms with van der Waals surface area (Å²) in [6.07, 6.45) is 2.19. The van der Waals surface area contributed by atoms with Crippen molar-refractivity contribution in [3.05, 3.63) is 35.4 Å². The van der Waals surface area contributed by atoms with Crippen LogP contribution >= 0.6 is 0 Å². The first kappa shape index (κ1) is 6.67. The van der Waals surface area contributed by atoms with Crippen LogP contribution in [0.25, 0.3) is 0 Å². The Kier molecular flexibility index (Phi) is 1.17. The SMILES string of the molecule is C[C@H]1C[C@H]2O[C@H]2c2ccccc21. The van der Waals surface area contributed by atoms with E-state index in [1.54, 1.807) is 0 Å². The minimum absolute atomic E-state index is 0.442. The predicted molar refractivity (Wildman–Crippen MR) is 47.1 cm³/mol. The van der Waals surface area contributed by atoms with Crippen LogP contribution in [0.3, 0.4) is 0 Å². The predicted octanol–water partition coefficient (Wildman–Crippen LogP) is 2.63. The average molecular weight is 160 g/mol. The van der Waals surface area contributed by atoms with Gasteiger partial charge in [0.1, 0.15) is 6.10 Å². The molecule has 1 fully saturated rings. The Bertz CT molecular complexity index is 304. The molecule has 0 aromatic heterocycles. The molecule has 1 aromatic carbocycles. The molecular weight excluding hydrogens is 148 g/mol. The quantitative estimate of drug-likeness (QED) is 0.531. The highest BCUT2D eigenvalue weighted by atomic mass is 16.6. The van der Waals surface area contributed by atoms with Crippen molar-refractivity contribution in [2.75, 3.05) is 0 Å². The van der Waals surface area contributed by atoms with Crippen molar-refractivity contribution < 1.29 is 4.74 Å². The summed E-state index contributed by atoms with van der Waals surface area (Å²) in [6.45, 7) is 2.29. The normalized spacial score (nSPS) is 36.9. The van der Waals surface area contributed by atoms with E-state index in [4.69, 9.17) is 4.74 Å². The molecule has 1 heteroatoms. The summed E-state index contributed by atoms with van der Waals surface area (Å²) in [5, 5.41) is 0. The van der Waals surface area contributed by atoms with Crippen molar-refractivity contribution in [2.24, 2.45) is 0 Å². The average Bonchev–Trinajstić information content (AvgIpc) is 2.84. The van der Waals surface area contributed by atoms with E-state index in [0.717, 1.165) is 0 Å². The molecule has 1 aliphatic heterocycles.